The zero-order valence-corrected chi connectivity index (χ0v) is 16.8. The number of benzene rings is 1. The molecule has 24 heavy (non-hydrogen) atoms. The fourth-order valence-electron chi connectivity index (χ4n) is 2.13. The summed E-state index contributed by atoms with van der Waals surface area (Å²) in [5, 5.41) is 8.99. The van der Waals surface area contributed by atoms with Gasteiger partial charge in [-0.2, -0.15) is 0 Å². The maximum atomic E-state index is 8.99. The Kier molecular flexibility index (Phi) is 12.4. The van der Waals surface area contributed by atoms with E-state index in [0.717, 1.165) is 36.5 Å². The monoisotopic (exact) mass is 334 g/mol. The van der Waals surface area contributed by atoms with Crippen LogP contribution in [0.1, 0.15) is 77.8 Å². The molecular weight excluding hydrogens is 296 g/mol. The van der Waals surface area contributed by atoms with Crippen molar-refractivity contribution in [1.82, 2.24) is 0 Å². The van der Waals surface area contributed by atoms with E-state index in [1.165, 1.54) is 5.56 Å². The van der Waals surface area contributed by atoms with E-state index >= 15 is 0 Å². The molecule has 138 valence electrons. The molecule has 0 aromatic heterocycles. The van der Waals surface area contributed by atoms with Gasteiger partial charge in [0, 0.05) is 12.2 Å². The van der Waals surface area contributed by atoms with Crippen LogP contribution in [0.2, 0.25) is 0 Å². The van der Waals surface area contributed by atoms with Gasteiger partial charge in [-0.25, -0.2) is 0 Å². The number of hydrogen-bond acceptors (Lipinski definition) is 2. The minimum Gasteiger partial charge on any atom is -0.496 e. The molecule has 0 amide bonds. The van der Waals surface area contributed by atoms with Crippen LogP contribution in [0.3, 0.4) is 0 Å². The van der Waals surface area contributed by atoms with E-state index in [2.05, 4.69) is 65.8 Å². The Labute approximate surface area is 149 Å². The van der Waals surface area contributed by atoms with Crippen LogP contribution in [-0.2, 0) is 0 Å². The average molecular weight is 335 g/mol. The summed E-state index contributed by atoms with van der Waals surface area (Å²) < 4.78 is 5.41. The highest BCUT2D eigenvalue weighted by atomic mass is 16.5. The molecule has 0 aliphatic carbocycles. The van der Waals surface area contributed by atoms with E-state index in [-0.39, 0.29) is 6.61 Å². The van der Waals surface area contributed by atoms with Crippen molar-refractivity contribution in [2.75, 3.05) is 13.7 Å². The van der Waals surface area contributed by atoms with Crippen LogP contribution < -0.4 is 4.74 Å². The molecule has 0 radical (unpaired) electrons. The molecule has 0 saturated carbocycles. The topological polar surface area (TPSA) is 29.5 Å². The highest BCUT2D eigenvalue weighted by Gasteiger charge is 2.04. The summed E-state index contributed by atoms with van der Waals surface area (Å²) in [5.74, 6) is 2.69. The van der Waals surface area contributed by atoms with Gasteiger partial charge in [0.1, 0.15) is 5.75 Å². The number of aliphatic hydroxyl groups excluding tert-OH is 1. The standard InChI is InChI=1S/C18H28O2.C4H10/c1-14(2)16-10-11-18(20-4)17(12-16)9-7-5-6-8-15(3)13-19;1-4(2)3/h7,9-12,14-15,19H,5-6,8,13H2,1-4H3;4H,1-3H3/b9-7+;/t15-;/m1./s1. The van der Waals surface area contributed by atoms with Crippen LogP contribution in [-0.4, -0.2) is 18.8 Å². The second kappa shape index (κ2) is 13.1. The van der Waals surface area contributed by atoms with Crippen molar-refractivity contribution >= 4 is 6.08 Å². The molecule has 1 rings (SSSR count). The lowest BCUT2D eigenvalue weighted by Gasteiger charge is -2.10. The van der Waals surface area contributed by atoms with E-state index in [1.54, 1.807) is 7.11 Å². The fraction of sp³-hybridized carbons (Fsp3) is 0.636. The molecule has 1 atom stereocenters. The largest absolute Gasteiger partial charge is 0.496 e. The predicted octanol–water partition coefficient (Wildman–Crippen LogP) is 6.29. The third-order valence-corrected chi connectivity index (χ3v) is 3.60. The Bertz CT molecular complexity index is 458. The lowest BCUT2D eigenvalue weighted by atomic mass is 9.99. The van der Waals surface area contributed by atoms with Crippen molar-refractivity contribution in [2.24, 2.45) is 11.8 Å². The van der Waals surface area contributed by atoms with Crippen molar-refractivity contribution in [3.63, 3.8) is 0 Å². The quantitative estimate of drug-likeness (QED) is 0.566. The third kappa shape index (κ3) is 10.5. The van der Waals surface area contributed by atoms with Gasteiger partial charge in [-0.05, 0) is 54.7 Å². The van der Waals surface area contributed by atoms with Crippen molar-refractivity contribution in [1.29, 1.82) is 0 Å². The molecule has 2 nitrogen and oxygen atoms in total. The molecule has 0 aliphatic rings. The maximum absolute atomic E-state index is 8.99. The Morgan fingerprint density at radius 3 is 2.21 bits per heavy atom. The molecule has 1 aromatic rings. The van der Waals surface area contributed by atoms with Gasteiger partial charge in [-0.15, -0.1) is 0 Å². The Morgan fingerprint density at radius 2 is 1.71 bits per heavy atom. The summed E-state index contributed by atoms with van der Waals surface area (Å²) >= 11 is 0. The first-order valence-electron chi connectivity index (χ1n) is 9.27. The second-order valence-corrected chi connectivity index (χ2v) is 7.51. The van der Waals surface area contributed by atoms with Crippen LogP contribution in [0.5, 0.6) is 5.75 Å². The van der Waals surface area contributed by atoms with Crippen LogP contribution in [0, 0.1) is 11.8 Å². The average Bonchev–Trinajstić information content (AvgIpc) is 2.53. The van der Waals surface area contributed by atoms with E-state index in [0.29, 0.717) is 11.8 Å². The number of allylic oxidation sites excluding steroid dienone is 1. The normalized spacial score (nSPS) is 12.4. The first kappa shape index (κ1) is 22.7. The summed E-state index contributed by atoms with van der Waals surface area (Å²) in [6.45, 7) is 13.3. The van der Waals surface area contributed by atoms with Gasteiger partial charge in [0.25, 0.3) is 0 Å². The van der Waals surface area contributed by atoms with Gasteiger partial charge in [0.15, 0.2) is 0 Å². The summed E-state index contributed by atoms with van der Waals surface area (Å²) in [6, 6.07) is 6.38. The molecule has 0 aliphatic heterocycles. The van der Waals surface area contributed by atoms with Gasteiger partial charge in [-0.1, -0.05) is 59.8 Å². The number of rotatable bonds is 8. The van der Waals surface area contributed by atoms with Crippen LogP contribution in [0.25, 0.3) is 6.08 Å². The van der Waals surface area contributed by atoms with Crippen LogP contribution >= 0.6 is 0 Å². The van der Waals surface area contributed by atoms with Crippen molar-refractivity contribution in [3.05, 3.63) is 35.4 Å². The van der Waals surface area contributed by atoms with Gasteiger partial charge in [0.05, 0.1) is 7.11 Å². The molecule has 0 saturated heterocycles. The zero-order chi connectivity index (χ0) is 18.5. The minimum atomic E-state index is 0.286. The SMILES string of the molecule is CC(C)C.COc1ccc(C(C)C)cc1/C=C/CCC[C@@H](C)CO. The van der Waals surface area contributed by atoms with Crippen LogP contribution in [0.15, 0.2) is 24.3 Å². The van der Waals surface area contributed by atoms with E-state index in [9.17, 15) is 0 Å². The lowest BCUT2D eigenvalue weighted by molar-refractivity contribution is 0.228. The van der Waals surface area contributed by atoms with Gasteiger partial charge >= 0.3 is 0 Å². The molecule has 2 heteroatoms. The highest BCUT2D eigenvalue weighted by molar-refractivity contribution is 5.58. The third-order valence-electron chi connectivity index (χ3n) is 3.60. The van der Waals surface area contributed by atoms with Gasteiger partial charge in [0.2, 0.25) is 0 Å². The molecule has 0 spiro atoms. The molecule has 0 fully saturated rings. The molecule has 0 unspecified atom stereocenters. The van der Waals surface area contributed by atoms with Gasteiger partial charge < -0.3 is 9.84 Å². The van der Waals surface area contributed by atoms with E-state index < -0.39 is 0 Å². The number of unbranched alkanes of at least 4 members (excludes halogenated alkanes) is 1. The van der Waals surface area contributed by atoms with Crippen molar-refractivity contribution in [2.45, 2.75) is 66.7 Å². The Balaban J connectivity index is 0.00000118. The Hall–Kier alpha value is -1.28. The van der Waals surface area contributed by atoms with Crippen molar-refractivity contribution in [3.8, 4) is 5.75 Å². The fourth-order valence-corrected chi connectivity index (χ4v) is 2.13. The van der Waals surface area contributed by atoms with Gasteiger partial charge in [-0.3, -0.25) is 0 Å². The summed E-state index contributed by atoms with van der Waals surface area (Å²) in [5.41, 5.74) is 2.48. The highest BCUT2D eigenvalue weighted by Crippen LogP contribution is 2.25. The number of ether oxygens (including phenoxy) is 1. The summed E-state index contributed by atoms with van der Waals surface area (Å²) in [6.07, 6.45) is 7.58. The molecular formula is C22H38O2. The van der Waals surface area contributed by atoms with E-state index in [4.69, 9.17) is 9.84 Å². The summed E-state index contributed by atoms with van der Waals surface area (Å²) in [7, 11) is 1.71. The minimum absolute atomic E-state index is 0.286. The molecule has 0 heterocycles. The molecule has 1 N–H and O–H groups in total. The first-order chi connectivity index (χ1) is 11.3. The zero-order valence-electron chi connectivity index (χ0n) is 16.8. The number of methoxy groups -OCH3 is 1. The Morgan fingerprint density at radius 1 is 1.08 bits per heavy atom. The summed E-state index contributed by atoms with van der Waals surface area (Å²) in [4.78, 5) is 0. The molecule has 1 aromatic carbocycles. The number of aliphatic hydroxyl groups is 1. The van der Waals surface area contributed by atoms with Crippen molar-refractivity contribution < 1.29 is 9.84 Å². The smallest absolute Gasteiger partial charge is 0.126 e. The maximum Gasteiger partial charge on any atom is 0.126 e. The predicted molar refractivity (Wildman–Crippen MR) is 107 cm³/mol. The first-order valence-corrected chi connectivity index (χ1v) is 9.27. The lowest BCUT2D eigenvalue weighted by Crippen LogP contribution is -1.99. The number of hydrogen-bond donors (Lipinski definition) is 1. The van der Waals surface area contributed by atoms with Crippen LogP contribution in [0.4, 0.5) is 0 Å². The second-order valence-electron chi connectivity index (χ2n) is 7.51. The molecule has 0 bridgehead atoms. The van der Waals surface area contributed by atoms with E-state index in [1.807, 2.05) is 6.07 Å².